The molecule has 1 aromatic rings. The molecule has 118 valence electrons. The normalized spacial score (nSPS) is 21.5. The summed E-state index contributed by atoms with van der Waals surface area (Å²) in [5, 5.41) is 9.35. The molecule has 0 aromatic carbocycles. The number of aryl methyl sites for hydroxylation is 1. The van der Waals surface area contributed by atoms with Crippen molar-refractivity contribution in [1.29, 1.82) is 0 Å². The fourth-order valence-corrected chi connectivity index (χ4v) is 2.85. The summed E-state index contributed by atoms with van der Waals surface area (Å²) in [4.78, 5) is 14.5. The van der Waals surface area contributed by atoms with Crippen LogP contribution in [0.15, 0.2) is 12.3 Å². The molecule has 1 unspecified atom stereocenters. The van der Waals surface area contributed by atoms with Gasteiger partial charge in [0, 0.05) is 25.8 Å². The molecule has 6 nitrogen and oxygen atoms in total. The summed E-state index contributed by atoms with van der Waals surface area (Å²) in [5.74, 6) is -0.0602. The molecule has 1 aliphatic rings. The molecular weight excluding hydrogens is 270 g/mol. The van der Waals surface area contributed by atoms with Crippen LogP contribution in [0, 0.1) is 0 Å². The van der Waals surface area contributed by atoms with Gasteiger partial charge in [-0.2, -0.15) is 0 Å². The second-order valence-corrected chi connectivity index (χ2v) is 6.22. The zero-order valence-electron chi connectivity index (χ0n) is 13.0. The number of hydrogen-bond acceptors (Lipinski definition) is 4. The lowest BCUT2D eigenvalue weighted by molar-refractivity contribution is -0.139. The Kier molecular flexibility index (Phi) is 4.58. The van der Waals surface area contributed by atoms with Gasteiger partial charge in [0.15, 0.2) is 0 Å². The fraction of sp³-hybridized carbons (Fsp3) is 0.667. The van der Waals surface area contributed by atoms with Gasteiger partial charge in [-0.3, -0.25) is 4.79 Å². The lowest BCUT2D eigenvalue weighted by Gasteiger charge is -2.42. The summed E-state index contributed by atoms with van der Waals surface area (Å²) >= 11 is 0. The first-order valence-electron chi connectivity index (χ1n) is 7.40. The van der Waals surface area contributed by atoms with E-state index in [0.29, 0.717) is 24.5 Å². The summed E-state index contributed by atoms with van der Waals surface area (Å²) in [6, 6.07) is 1.72. The molecule has 1 saturated heterocycles. The van der Waals surface area contributed by atoms with E-state index in [2.05, 4.69) is 6.92 Å². The molecule has 2 heterocycles. The van der Waals surface area contributed by atoms with E-state index in [4.69, 9.17) is 10.5 Å². The van der Waals surface area contributed by atoms with Crippen LogP contribution in [0.3, 0.4) is 0 Å². The Balaban J connectivity index is 2.22. The second-order valence-electron chi connectivity index (χ2n) is 6.22. The predicted octanol–water partition coefficient (Wildman–Crippen LogP) is 1.09. The minimum Gasteiger partial charge on any atom is -0.397 e. The number of aromatic nitrogens is 1. The monoisotopic (exact) mass is 295 g/mol. The van der Waals surface area contributed by atoms with Crippen LogP contribution in [0.4, 0.5) is 5.69 Å². The molecule has 2 rings (SSSR count). The van der Waals surface area contributed by atoms with Crippen LogP contribution >= 0.6 is 0 Å². The highest BCUT2D eigenvalue weighted by atomic mass is 16.5. The van der Waals surface area contributed by atoms with Gasteiger partial charge in [-0.05, 0) is 26.3 Å². The van der Waals surface area contributed by atoms with Gasteiger partial charge in [-0.1, -0.05) is 6.92 Å². The number of carbonyl (C=O) groups excluding carboxylic acids is 1. The van der Waals surface area contributed by atoms with Crippen molar-refractivity contribution in [3.05, 3.63) is 18.0 Å². The van der Waals surface area contributed by atoms with Gasteiger partial charge in [-0.25, -0.2) is 0 Å². The number of nitrogen functional groups attached to an aromatic ring is 1. The van der Waals surface area contributed by atoms with Gasteiger partial charge in [0.25, 0.3) is 5.91 Å². The number of aliphatic hydroxyl groups is 1. The van der Waals surface area contributed by atoms with Crippen LogP contribution in [-0.2, 0) is 11.3 Å². The van der Waals surface area contributed by atoms with Crippen LogP contribution in [-0.4, -0.2) is 51.9 Å². The summed E-state index contributed by atoms with van der Waals surface area (Å²) in [5.41, 5.74) is 6.56. The number of hydrogen-bond donors (Lipinski definition) is 2. The molecule has 1 amide bonds. The molecule has 0 radical (unpaired) electrons. The maximum absolute atomic E-state index is 12.8. The Morgan fingerprint density at radius 3 is 2.90 bits per heavy atom. The number of nitrogens with zero attached hydrogens (tertiary/aromatic N) is 2. The van der Waals surface area contributed by atoms with Crippen molar-refractivity contribution in [1.82, 2.24) is 9.47 Å². The molecule has 0 aliphatic carbocycles. The van der Waals surface area contributed by atoms with E-state index in [1.165, 1.54) is 0 Å². The smallest absolute Gasteiger partial charge is 0.270 e. The Hall–Kier alpha value is -1.53. The highest BCUT2D eigenvalue weighted by molar-refractivity contribution is 5.94. The van der Waals surface area contributed by atoms with E-state index in [-0.39, 0.29) is 18.6 Å². The number of aliphatic hydroxyl groups excluding tert-OH is 1. The van der Waals surface area contributed by atoms with E-state index < -0.39 is 5.60 Å². The van der Waals surface area contributed by atoms with Crippen molar-refractivity contribution in [2.75, 3.05) is 25.4 Å². The quantitative estimate of drug-likeness (QED) is 0.871. The zero-order chi connectivity index (χ0) is 15.6. The number of morpholine rings is 1. The molecular formula is C15H25N3O3. The van der Waals surface area contributed by atoms with Gasteiger partial charge in [-0.15, -0.1) is 0 Å². The third-order valence-electron chi connectivity index (χ3n) is 3.57. The third kappa shape index (κ3) is 3.57. The van der Waals surface area contributed by atoms with E-state index in [1.54, 1.807) is 17.2 Å². The Labute approximate surface area is 125 Å². The van der Waals surface area contributed by atoms with Gasteiger partial charge < -0.3 is 25.0 Å². The Morgan fingerprint density at radius 1 is 1.57 bits per heavy atom. The minimum atomic E-state index is -0.463. The molecule has 1 aliphatic heterocycles. The van der Waals surface area contributed by atoms with Crippen LogP contribution in [0.25, 0.3) is 0 Å². The topological polar surface area (TPSA) is 80.7 Å². The first-order valence-corrected chi connectivity index (χ1v) is 7.40. The van der Waals surface area contributed by atoms with E-state index in [0.717, 1.165) is 13.0 Å². The van der Waals surface area contributed by atoms with Gasteiger partial charge in [0.2, 0.25) is 0 Å². The SMILES string of the molecule is CCCn1cc(N)cc1C(=O)N1CC(CO)OC(C)(C)C1. The number of ether oxygens (including phenoxy) is 1. The van der Waals surface area contributed by atoms with Gasteiger partial charge >= 0.3 is 0 Å². The number of rotatable bonds is 4. The average molecular weight is 295 g/mol. The molecule has 1 atom stereocenters. The highest BCUT2D eigenvalue weighted by Crippen LogP contribution is 2.23. The summed E-state index contributed by atoms with van der Waals surface area (Å²) in [6.45, 7) is 7.48. The molecule has 0 saturated carbocycles. The standard InChI is InChI=1S/C15H25N3O3/c1-4-5-17-7-11(16)6-13(17)14(20)18-8-12(9-19)21-15(2,3)10-18/h6-7,12,19H,4-5,8-10,16H2,1-3H3. The summed E-state index contributed by atoms with van der Waals surface area (Å²) in [7, 11) is 0. The molecule has 0 spiro atoms. The second kappa shape index (κ2) is 6.07. The van der Waals surface area contributed by atoms with Crippen molar-refractivity contribution < 1.29 is 14.6 Å². The van der Waals surface area contributed by atoms with Crippen LogP contribution < -0.4 is 5.73 Å². The maximum atomic E-state index is 12.8. The number of nitrogens with two attached hydrogens (primary N) is 1. The van der Waals surface area contributed by atoms with Crippen LogP contribution in [0.2, 0.25) is 0 Å². The van der Waals surface area contributed by atoms with E-state index in [1.807, 2.05) is 18.4 Å². The summed E-state index contributed by atoms with van der Waals surface area (Å²) < 4.78 is 7.64. The Morgan fingerprint density at radius 2 is 2.29 bits per heavy atom. The zero-order valence-corrected chi connectivity index (χ0v) is 13.0. The van der Waals surface area contributed by atoms with Crippen molar-refractivity contribution >= 4 is 11.6 Å². The molecule has 0 bridgehead atoms. The minimum absolute atomic E-state index is 0.0602. The van der Waals surface area contributed by atoms with Gasteiger partial charge in [0.05, 0.1) is 24.0 Å². The van der Waals surface area contributed by atoms with Crippen LogP contribution in [0.5, 0.6) is 0 Å². The molecule has 1 fully saturated rings. The average Bonchev–Trinajstić information content (AvgIpc) is 2.77. The molecule has 1 aromatic heterocycles. The maximum Gasteiger partial charge on any atom is 0.270 e. The van der Waals surface area contributed by atoms with Crippen molar-refractivity contribution in [3.8, 4) is 0 Å². The highest BCUT2D eigenvalue weighted by Gasteiger charge is 2.36. The lowest BCUT2D eigenvalue weighted by Crippen LogP contribution is -2.55. The molecule has 3 N–H and O–H groups in total. The van der Waals surface area contributed by atoms with Gasteiger partial charge in [0.1, 0.15) is 5.69 Å². The van der Waals surface area contributed by atoms with E-state index in [9.17, 15) is 9.90 Å². The van der Waals surface area contributed by atoms with Crippen molar-refractivity contribution in [3.63, 3.8) is 0 Å². The number of anilines is 1. The largest absolute Gasteiger partial charge is 0.397 e. The molecule has 21 heavy (non-hydrogen) atoms. The summed E-state index contributed by atoms with van der Waals surface area (Å²) in [6.07, 6.45) is 2.39. The van der Waals surface area contributed by atoms with E-state index >= 15 is 0 Å². The fourth-order valence-electron chi connectivity index (χ4n) is 2.85. The lowest BCUT2D eigenvalue weighted by atomic mass is 10.0. The predicted molar refractivity (Wildman–Crippen MR) is 81.1 cm³/mol. The Bertz CT molecular complexity index is 510. The number of carbonyl (C=O) groups is 1. The first-order chi connectivity index (χ1) is 9.86. The van der Waals surface area contributed by atoms with Crippen LogP contribution in [0.1, 0.15) is 37.7 Å². The van der Waals surface area contributed by atoms with Crippen molar-refractivity contribution in [2.24, 2.45) is 0 Å². The first kappa shape index (κ1) is 15.9. The molecule has 6 heteroatoms. The third-order valence-corrected chi connectivity index (χ3v) is 3.57. The van der Waals surface area contributed by atoms with Crippen molar-refractivity contribution in [2.45, 2.75) is 45.4 Å². The number of amides is 1.